The molecular formula is C11H15FN2O. The molecule has 0 aliphatic heterocycles. The largest absolute Gasteiger partial charge is 0.325 e. The highest BCUT2D eigenvalue weighted by atomic mass is 19.1. The van der Waals surface area contributed by atoms with Crippen LogP contribution in [0.25, 0.3) is 0 Å². The summed E-state index contributed by atoms with van der Waals surface area (Å²) in [5.41, 5.74) is 6.07. The van der Waals surface area contributed by atoms with Crippen molar-refractivity contribution in [1.82, 2.24) is 0 Å². The van der Waals surface area contributed by atoms with Crippen LogP contribution >= 0.6 is 0 Å². The van der Waals surface area contributed by atoms with Gasteiger partial charge in [0, 0.05) is 5.69 Å². The van der Waals surface area contributed by atoms with E-state index in [0.717, 1.165) is 0 Å². The van der Waals surface area contributed by atoms with E-state index in [9.17, 15) is 9.18 Å². The molecule has 1 aromatic carbocycles. The summed E-state index contributed by atoms with van der Waals surface area (Å²) in [4.78, 5) is 11.5. The van der Waals surface area contributed by atoms with Crippen LogP contribution in [0.15, 0.2) is 24.3 Å². The van der Waals surface area contributed by atoms with Gasteiger partial charge in [0.15, 0.2) is 0 Å². The van der Waals surface area contributed by atoms with Crippen LogP contribution in [0, 0.1) is 11.7 Å². The van der Waals surface area contributed by atoms with E-state index in [-0.39, 0.29) is 17.6 Å². The SMILES string of the molecule is CC(C)[C@@H](N)C(=O)Nc1cccc(F)c1. The zero-order chi connectivity index (χ0) is 11.4. The number of nitrogens with one attached hydrogen (secondary N) is 1. The number of benzene rings is 1. The Hall–Kier alpha value is -1.42. The number of rotatable bonds is 3. The average molecular weight is 210 g/mol. The zero-order valence-electron chi connectivity index (χ0n) is 8.83. The van der Waals surface area contributed by atoms with Crippen LogP contribution in [-0.2, 0) is 4.79 Å². The van der Waals surface area contributed by atoms with E-state index in [1.54, 1.807) is 6.07 Å². The molecule has 4 heteroatoms. The van der Waals surface area contributed by atoms with Crippen molar-refractivity contribution in [3.8, 4) is 0 Å². The number of hydrogen-bond acceptors (Lipinski definition) is 2. The van der Waals surface area contributed by atoms with Gasteiger partial charge in [-0.3, -0.25) is 4.79 Å². The molecule has 3 N–H and O–H groups in total. The van der Waals surface area contributed by atoms with Gasteiger partial charge in [0.2, 0.25) is 5.91 Å². The van der Waals surface area contributed by atoms with E-state index in [1.165, 1.54) is 18.2 Å². The van der Waals surface area contributed by atoms with Crippen molar-refractivity contribution in [2.24, 2.45) is 11.7 Å². The lowest BCUT2D eigenvalue weighted by atomic mass is 10.1. The highest BCUT2D eigenvalue weighted by Gasteiger charge is 2.16. The van der Waals surface area contributed by atoms with Gasteiger partial charge in [0.05, 0.1) is 6.04 Å². The lowest BCUT2D eigenvalue weighted by Gasteiger charge is -2.15. The van der Waals surface area contributed by atoms with Gasteiger partial charge >= 0.3 is 0 Å². The van der Waals surface area contributed by atoms with Crippen LogP contribution in [0.2, 0.25) is 0 Å². The summed E-state index contributed by atoms with van der Waals surface area (Å²) < 4.78 is 12.8. The number of nitrogens with two attached hydrogens (primary N) is 1. The maximum Gasteiger partial charge on any atom is 0.241 e. The Morgan fingerprint density at radius 1 is 1.47 bits per heavy atom. The predicted molar refractivity (Wildman–Crippen MR) is 57.8 cm³/mol. The summed E-state index contributed by atoms with van der Waals surface area (Å²) in [6, 6.07) is 5.15. The highest BCUT2D eigenvalue weighted by Crippen LogP contribution is 2.10. The summed E-state index contributed by atoms with van der Waals surface area (Å²) in [5, 5.41) is 2.56. The number of carbonyl (C=O) groups excluding carboxylic acids is 1. The van der Waals surface area contributed by atoms with Crippen molar-refractivity contribution in [2.75, 3.05) is 5.32 Å². The van der Waals surface area contributed by atoms with Crippen molar-refractivity contribution in [3.05, 3.63) is 30.1 Å². The maximum atomic E-state index is 12.8. The molecule has 0 saturated heterocycles. The Labute approximate surface area is 88.5 Å². The number of hydrogen-bond donors (Lipinski definition) is 2. The smallest absolute Gasteiger partial charge is 0.241 e. The third-order valence-corrected chi connectivity index (χ3v) is 2.11. The van der Waals surface area contributed by atoms with Gasteiger partial charge in [-0.05, 0) is 24.1 Å². The van der Waals surface area contributed by atoms with Crippen molar-refractivity contribution < 1.29 is 9.18 Å². The standard InChI is InChI=1S/C11H15FN2O/c1-7(2)10(13)11(15)14-9-5-3-4-8(12)6-9/h3-7,10H,13H2,1-2H3,(H,14,15)/t10-/m1/s1. The third-order valence-electron chi connectivity index (χ3n) is 2.11. The van der Waals surface area contributed by atoms with Gasteiger partial charge in [-0.2, -0.15) is 0 Å². The Morgan fingerprint density at radius 2 is 2.13 bits per heavy atom. The Morgan fingerprint density at radius 3 is 2.67 bits per heavy atom. The summed E-state index contributed by atoms with van der Waals surface area (Å²) in [7, 11) is 0. The molecule has 1 atom stereocenters. The molecule has 15 heavy (non-hydrogen) atoms. The van der Waals surface area contributed by atoms with E-state index in [0.29, 0.717) is 5.69 Å². The molecule has 0 saturated carbocycles. The first kappa shape index (κ1) is 11.7. The number of amides is 1. The molecule has 3 nitrogen and oxygen atoms in total. The quantitative estimate of drug-likeness (QED) is 0.798. The van der Waals surface area contributed by atoms with E-state index < -0.39 is 6.04 Å². The fraction of sp³-hybridized carbons (Fsp3) is 0.364. The fourth-order valence-corrected chi connectivity index (χ4v) is 1.09. The Bertz CT molecular complexity index is 352. The van der Waals surface area contributed by atoms with E-state index in [1.807, 2.05) is 13.8 Å². The number of anilines is 1. The second-order valence-corrected chi connectivity index (χ2v) is 3.77. The molecule has 0 aromatic heterocycles. The topological polar surface area (TPSA) is 55.1 Å². The molecule has 0 bridgehead atoms. The molecule has 0 radical (unpaired) electrons. The molecule has 82 valence electrons. The van der Waals surface area contributed by atoms with Gasteiger partial charge in [0.1, 0.15) is 5.82 Å². The average Bonchev–Trinajstić information content (AvgIpc) is 2.16. The van der Waals surface area contributed by atoms with Crippen LogP contribution in [0.4, 0.5) is 10.1 Å². The van der Waals surface area contributed by atoms with E-state index >= 15 is 0 Å². The minimum absolute atomic E-state index is 0.0542. The monoisotopic (exact) mass is 210 g/mol. The van der Waals surface area contributed by atoms with Crippen LogP contribution < -0.4 is 11.1 Å². The first-order valence-corrected chi connectivity index (χ1v) is 4.82. The molecule has 1 amide bonds. The van der Waals surface area contributed by atoms with Crippen LogP contribution in [0.3, 0.4) is 0 Å². The van der Waals surface area contributed by atoms with Crippen LogP contribution in [0.1, 0.15) is 13.8 Å². The second kappa shape index (κ2) is 4.89. The predicted octanol–water partition coefficient (Wildman–Crippen LogP) is 1.75. The van der Waals surface area contributed by atoms with Gasteiger partial charge < -0.3 is 11.1 Å². The minimum Gasteiger partial charge on any atom is -0.325 e. The highest BCUT2D eigenvalue weighted by molar-refractivity contribution is 5.94. The van der Waals surface area contributed by atoms with Gasteiger partial charge in [-0.1, -0.05) is 19.9 Å². The number of halogens is 1. The van der Waals surface area contributed by atoms with Crippen molar-refractivity contribution in [2.45, 2.75) is 19.9 Å². The van der Waals surface area contributed by atoms with E-state index in [2.05, 4.69) is 5.32 Å². The minimum atomic E-state index is -0.576. The lowest BCUT2D eigenvalue weighted by Crippen LogP contribution is -2.39. The summed E-state index contributed by atoms with van der Waals surface area (Å²) in [5.74, 6) is -0.625. The third kappa shape index (κ3) is 3.32. The number of carbonyl (C=O) groups is 1. The van der Waals surface area contributed by atoms with E-state index in [4.69, 9.17) is 5.73 Å². The molecule has 1 rings (SSSR count). The normalized spacial score (nSPS) is 12.6. The maximum absolute atomic E-state index is 12.8. The molecular weight excluding hydrogens is 195 g/mol. The Balaban J connectivity index is 2.66. The molecule has 1 aromatic rings. The van der Waals surface area contributed by atoms with Gasteiger partial charge in [0.25, 0.3) is 0 Å². The Kier molecular flexibility index (Phi) is 3.80. The van der Waals surface area contributed by atoms with Gasteiger partial charge in [-0.25, -0.2) is 4.39 Å². The lowest BCUT2D eigenvalue weighted by molar-refractivity contribution is -0.118. The fourth-order valence-electron chi connectivity index (χ4n) is 1.09. The summed E-state index contributed by atoms with van der Waals surface area (Å²) in [6.45, 7) is 3.71. The zero-order valence-corrected chi connectivity index (χ0v) is 8.83. The molecule has 0 fully saturated rings. The second-order valence-electron chi connectivity index (χ2n) is 3.77. The first-order valence-electron chi connectivity index (χ1n) is 4.82. The first-order chi connectivity index (χ1) is 7.00. The summed E-state index contributed by atoms with van der Waals surface area (Å²) in [6.07, 6.45) is 0. The molecule has 0 aliphatic rings. The van der Waals surface area contributed by atoms with Crippen LogP contribution in [-0.4, -0.2) is 11.9 Å². The molecule has 0 unspecified atom stereocenters. The van der Waals surface area contributed by atoms with Crippen molar-refractivity contribution in [1.29, 1.82) is 0 Å². The summed E-state index contributed by atoms with van der Waals surface area (Å²) >= 11 is 0. The van der Waals surface area contributed by atoms with Crippen LogP contribution in [0.5, 0.6) is 0 Å². The molecule has 0 aliphatic carbocycles. The van der Waals surface area contributed by atoms with Gasteiger partial charge in [-0.15, -0.1) is 0 Å². The molecule has 0 spiro atoms. The molecule has 0 heterocycles. The van der Waals surface area contributed by atoms with Crippen molar-refractivity contribution >= 4 is 11.6 Å². The van der Waals surface area contributed by atoms with Crippen molar-refractivity contribution in [3.63, 3.8) is 0 Å².